The van der Waals surface area contributed by atoms with Crippen molar-refractivity contribution in [1.29, 1.82) is 0 Å². The minimum atomic E-state index is 0.0299. The summed E-state index contributed by atoms with van der Waals surface area (Å²) in [6, 6.07) is 3.78. The molecule has 20 heavy (non-hydrogen) atoms. The molecule has 1 aliphatic heterocycles. The third kappa shape index (κ3) is 3.17. The van der Waals surface area contributed by atoms with Crippen molar-refractivity contribution >= 4 is 28.5 Å². The Morgan fingerprint density at radius 1 is 1.25 bits per heavy atom. The van der Waals surface area contributed by atoms with Crippen LogP contribution >= 0.6 is 22.6 Å². The molecular formula is C14H19IN2O3. The summed E-state index contributed by atoms with van der Waals surface area (Å²) in [6.07, 6.45) is 1.71. The van der Waals surface area contributed by atoms with Crippen LogP contribution in [0.3, 0.4) is 0 Å². The van der Waals surface area contributed by atoms with Gasteiger partial charge in [-0.3, -0.25) is 4.79 Å². The van der Waals surface area contributed by atoms with Crippen LogP contribution in [-0.4, -0.2) is 44.2 Å². The van der Waals surface area contributed by atoms with E-state index in [-0.39, 0.29) is 11.9 Å². The van der Waals surface area contributed by atoms with Crippen LogP contribution in [0.25, 0.3) is 0 Å². The van der Waals surface area contributed by atoms with Crippen LogP contribution in [-0.2, 0) is 0 Å². The summed E-state index contributed by atoms with van der Waals surface area (Å²) in [4.78, 5) is 14.4. The number of nitrogens with two attached hydrogens (primary N) is 1. The Morgan fingerprint density at radius 2 is 1.80 bits per heavy atom. The first-order chi connectivity index (χ1) is 9.56. The Kier molecular flexibility index (Phi) is 5.09. The molecule has 1 saturated heterocycles. The Morgan fingerprint density at radius 3 is 2.35 bits per heavy atom. The number of hydrogen-bond donors (Lipinski definition) is 1. The van der Waals surface area contributed by atoms with Crippen LogP contribution in [0.4, 0.5) is 0 Å². The van der Waals surface area contributed by atoms with Gasteiger partial charge < -0.3 is 20.1 Å². The SMILES string of the molecule is COc1cc(I)c(C(=O)N2CCC(N)CC2)cc1OC. The van der Waals surface area contributed by atoms with E-state index in [1.54, 1.807) is 20.3 Å². The summed E-state index contributed by atoms with van der Waals surface area (Å²) in [6.45, 7) is 1.43. The number of nitrogens with zero attached hydrogens (tertiary/aromatic N) is 1. The second-order valence-corrected chi connectivity index (χ2v) is 5.98. The number of carbonyl (C=O) groups is 1. The molecule has 1 aliphatic rings. The lowest BCUT2D eigenvalue weighted by molar-refractivity contribution is 0.0713. The number of carbonyl (C=O) groups excluding carboxylic acids is 1. The van der Waals surface area contributed by atoms with Crippen LogP contribution in [0.5, 0.6) is 11.5 Å². The highest BCUT2D eigenvalue weighted by Crippen LogP contribution is 2.32. The van der Waals surface area contributed by atoms with Gasteiger partial charge in [-0.25, -0.2) is 0 Å². The van der Waals surface area contributed by atoms with Gasteiger partial charge in [-0.15, -0.1) is 0 Å². The van der Waals surface area contributed by atoms with Gasteiger partial charge in [0.1, 0.15) is 0 Å². The number of piperidine rings is 1. The van der Waals surface area contributed by atoms with Crippen molar-refractivity contribution in [1.82, 2.24) is 4.90 Å². The fourth-order valence-corrected chi connectivity index (χ4v) is 2.96. The van der Waals surface area contributed by atoms with Gasteiger partial charge in [-0.1, -0.05) is 0 Å². The van der Waals surface area contributed by atoms with Gasteiger partial charge in [0.05, 0.1) is 19.8 Å². The summed E-state index contributed by atoms with van der Waals surface area (Å²) < 4.78 is 11.4. The normalized spacial score (nSPS) is 16.1. The van der Waals surface area contributed by atoms with E-state index in [0.29, 0.717) is 30.2 Å². The monoisotopic (exact) mass is 390 g/mol. The summed E-state index contributed by atoms with van der Waals surface area (Å²) in [5.74, 6) is 1.24. The Bertz CT molecular complexity index is 499. The van der Waals surface area contributed by atoms with Crippen molar-refractivity contribution in [3.63, 3.8) is 0 Å². The molecule has 1 heterocycles. The first kappa shape index (κ1) is 15.4. The molecule has 0 radical (unpaired) electrons. The average Bonchev–Trinajstić information content (AvgIpc) is 2.47. The van der Waals surface area contributed by atoms with Crippen molar-refractivity contribution < 1.29 is 14.3 Å². The second kappa shape index (κ2) is 6.62. The number of halogens is 1. The summed E-state index contributed by atoms with van der Waals surface area (Å²) in [7, 11) is 3.15. The standard InChI is InChI=1S/C14H19IN2O3/c1-19-12-7-10(11(15)8-13(12)20-2)14(18)17-5-3-9(16)4-6-17/h7-9H,3-6,16H2,1-2H3. The Hall–Kier alpha value is -1.02. The third-order valence-electron chi connectivity index (χ3n) is 3.53. The molecule has 2 N–H and O–H groups in total. The summed E-state index contributed by atoms with van der Waals surface area (Å²) in [5, 5.41) is 0. The van der Waals surface area contributed by atoms with E-state index in [0.717, 1.165) is 16.4 Å². The molecule has 0 spiro atoms. The highest BCUT2D eigenvalue weighted by molar-refractivity contribution is 14.1. The number of benzene rings is 1. The highest BCUT2D eigenvalue weighted by Gasteiger charge is 2.24. The fraction of sp³-hybridized carbons (Fsp3) is 0.500. The van der Waals surface area contributed by atoms with Crippen LogP contribution in [0, 0.1) is 3.57 Å². The number of methoxy groups -OCH3 is 2. The van der Waals surface area contributed by atoms with Gasteiger partial charge in [0.25, 0.3) is 5.91 Å². The number of ether oxygens (including phenoxy) is 2. The molecule has 110 valence electrons. The van der Waals surface area contributed by atoms with E-state index in [9.17, 15) is 4.79 Å². The van der Waals surface area contributed by atoms with Gasteiger partial charge >= 0.3 is 0 Å². The minimum Gasteiger partial charge on any atom is -0.493 e. The fourth-order valence-electron chi connectivity index (χ4n) is 2.29. The van der Waals surface area contributed by atoms with Crippen LogP contribution in [0.2, 0.25) is 0 Å². The zero-order chi connectivity index (χ0) is 14.7. The molecule has 0 bridgehead atoms. The molecule has 0 aromatic heterocycles. The maximum Gasteiger partial charge on any atom is 0.255 e. The lowest BCUT2D eigenvalue weighted by Crippen LogP contribution is -2.43. The van der Waals surface area contributed by atoms with E-state index >= 15 is 0 Å². The molecule has 0 aliphatic carbocycles. The van der Waals surface area contributed by atoms with E-state index in [2.05, 4.69) is 22.6 Å². The quantitative estimate of drug-likeness (QED) is 0.801. The van der Waals surface area contributed by atoms with Gasteiger partial charge in [-0.05, 0) is 47.6 Å². The van der Waals surface area contributed by atoms with Crippen molar-refractivity contribution in [2.75, 3.05) is 27.3 Å². The lowest BCUT2D eigenvalue weighted by Gasteiger charge is -2.30. The zero-order valence-corrected chi connectivity index (χ0v) is 13.8. The maximum absolute atomic E-state index is 12.6. The predicted octanol–water partition coefficient (Wildman–Crippen LogP) is 1.87. The lowest BCUT2D eigenvalue weighted by atomic mass is 10.0. The van der Waals surface area contributed by atoms with Crippen LogP contribution in [0.1, 0.15) is 23.2 Å². The molecule has 1 fully saturated rings. The maximum atomic E-state index is 12.6. The highest BCUT2D eigenvalue weighted by atomic mass is 127. The van der Waals surface area contributed by atoms with Crippen LogP contribution < -0.4 is 15.2 Å². The van der Waals surface area contributed by atoms with Crippen molar-refractivity contribution in [2.24, 2.45) is 5.73 Å². The summed E-state index contributed by atoms with van der Waals surface area (Å²) >= 11 is 2.15. The first-order valence-electron chi connectivity index (χ1n) is 6.53. The number of likely N-dealkylation sites (tertiary alicyclic amines) is 1. The summed E-state index contributed by atoms with van der Waals surface area (Å²) in [5.41, 5.74) is 6.52. The zero-order valence-electron chi connectivity index (χ0n) is 11.7. The molecule has 6 heteroatoms. The first-order valence-corrected chi connectivity index (χ1v) is 7.61. The Labute approximate surface area is 132 Å². The van der Waals surface area contributed by atoms with Gasteiger partial charge in [0.15, 0.2) is 11.5 Å². The van der Waals surface area contributed by atoms with E-state index in [1.165, 1.54) is 0 Å². The van der Waals surface area contributed by atoms with Crippen molar-refractivity contribution in [3.05, 3.63) is 21.3 Å². The smallest absolute Gasteiger partial charge is 0.255 e. The van der Waals surface area contributed by atoms with Gasteiger partial charge in [-0.2, -0.15) is 0 Å². The molecule has 2 rings (SSSR count). The number of amides is 1. The van der Waals surface area contributed by atoms with Crippen molar-refractivity contribution in [3.8, 4) is 11.5 Å². The minimum absolute atomic E-state index is 0.0299. The second-order valence-electron chi connectivity index (χ2n) is 4.82. The van der Waals surface area contributed by atoms with Gasteiger partial charge in [0.2, 0.25) is 0 Å². The molecule has 0 unspecified atom stereocenters. The molecule has 1 amide bonds. The molecule has 0 atom stereocenters. The Balaban J connectivity index is 2.25. The van der Waals surface area contributed by atoms with E-state index in [1.807, 2.05) is 11.0 Å². The predicted molar refractivity (Wildman–Crippen MR) is 85.4 cm³/mol. The molecule has 5 nitrogen and oxygen atoms in total. The third-order valence-corrected chi connectivity index (χ3v) is 4.42. The largest absolute Gasteiger partial charge is 0.493 e. The molecule has 1 aromatic carbocycles. The molecule has 1 aromatic rings. The van der Waals surface area contributed by atoms with Crippen LogP contribution in [0.15, 0.2) is 12.1 Å². The van der Waals surface area contributed by atoms with E-state index < -0.39 is 0 Å². The van der Waals surface area contributed by atoms with Crippen molar-refractivity contribution in [2.45, 2.75) is 18.9 Å². The molecule has 0 saturated carbocycles. The topological polar surface area (TPSA) is 64.8 Å². The number of hydrogen-bond acceptors (Lipinski definition) is 4. The number of rotatable bonds is 3. The average molecular weight is 390 g/mol. The van der Waals surface area contributed by atoms with Gasteiger partial charge in [0, 0.05) is 22.7 Å². The van der Waals surface area contributed by atoms with E-state index in [4.69, 9.17) is 15.2 Å². The molecular weight excluding hydrogens is 371 g/mol.